The number of benzene rings is 1. The maximum absolute atomic E-state index is 10.4. The molecule has 0 bridgehead atoms. The molecule has 0 amide bonds. The van der Waals surface area contributed by atoms with Crippen LogP contribution in [-0.2, 0) is 5.60 Å². The van der Waals surface area contributed by atoms with Gasteiger partial charge in [-0.25, -0.2) is 0 Å². The van der Waals surface area contributed by atoms with Crippen molar-refractivity contribution >= 4 is 0 Å². The van der Waals surface area contributed by atoms with Crippen LogP contribution in [-0.4, -0.2) is 40.0 Å². The van der Waals surface area contributed by atoms with Gasteiger partial charge >= 0.3 is 0 Å². The lowest BCUT2D eigenvalue weighted by Crippen LogP contribution is -2.33. The molecule has 2 N–H and O–H groups in total. The zero-order valence-corrected chi connectivity index (χ0v) is 11.5. The highest BCUT2D eigenvalue weighted by atomic mass is 16.5. The summed E-state index contributed by atoms with van der Waals surface area (Å²) in [7, 11) is 6.45. The zero-order valence-electron chi connectivity index (χ0n) is 11.5. The second-order valence-corrected chi connectivity index (χ2v) is 4.21. The average molecular weight is 255 g/mol. The predicted molar refractivity (Wildman–Crippen MR) is 69.6 cm³/mol. The van der Waals surface area contributed by atoms with E-state index in [0.29, 0.717) is 29.4 Å². The molecule has 1 unspecified atom stereocenters. The summed E-state index contributed by atoms with van der Waals surface area (Å²) >= 11 is 0. The van der Waals surface area contributed by atoms with E-state index in [-0.39, 0.29) is 0 Å². The minimum absolute atomic E-state index is 0.402. The molecule has 1 atom stereocenters. The van der Waals surface area contributed by atoms with Crippen molar-refractivity contribution in [2.24, 2.45) is 0 Å². The van der Waals surface area contributed by atoms with Gasteiger partial charge < -0.3 is 24.6 Å². The normalized spacial score (nSPS) is 13.9. The lowest BCUT2D eigenvalue weighted by molar-refractivity contribution is 0.0562. The van der Waals surface area contributed by atoms with E-state index in [9.17, 15) is 5.11 Å². The summed E-state index contributed by atoms with van der Waals surface area (Å²) in [5, 5.41) is 13.4. The highest BCUT2D eigenvalue weighted by Gasteiger charge is 2.28. The van der Waals surface area contributed by atoms with Crippen LogP contribution in [0.3, 0.4) is 0 Å². The molecule has 5 heteroatoms. The maximum Gasteiger partial charge on any atom is 0.164 e. The van der Waals surface area contributed by atoms with Crippen molar-refractivity contribution in [3.05, 3.63) is 17.7 Å². The van der Waals surface area contributed by atoms with Crippen LogP contribution in [0.25, 0.3) is 0 Å². The van der Waals surface area contributed by atoms with E-state index in [4.69, 9.17) is 14.2 Å². The van der Waals surface area contributed by atoms with Gasteiger partial charge in [0, 0.05) is 18.2 Å². The number of ether oxygens (including phenoxy) is 3. The molecule has 0 spiro atoms. The van der Waals surface area contributed by atoms with Gasteiger partial charge in [0.2, 0.25) is 0 Å². The highest BCUT2D eigenvalue weighted by Crippen LogP contribution is 2.39. The molecule has 5 nitrogen and oxygen atoms in total. The topological polar surface area (TPSA) is 60.0 Å². The molecule has 18 heavy (non-hydrogen) atoms. The van der Waals surface area contributed by atoms with Crippen LogP contribution in [0.5, 0.6) is 17.2 Å². The SMILES string of the molecule is CNCC(C)(O)c1cc(OC)c(OC)cc1OC. The molecule has 102 valence electrons. The van der Waals surface area contributed by atoms with Crippen molar-refractivity contribution in [2.75, 3.05) is 34.9 Å². The molecule has 0 saturated heterocycles. The second-order valence-electron chi connectivity index (χ2n) is 4.21. The fraction of sp³-hybridized carbons (Fsp3) is 0.538. The second kappa shape index (κ2) is 5.93. The summed E-state index contributed by atoms with van der Waals surface area (Å²) in [4.78, 5) is 0. The summed E-state index contributed by atoms with van der Waals surface area (Å²) < 4.78 is 15.7. The number of hydrogen-bond acceptors (Lipinski definition) is 5. The summed E-state index contributed by atoms with van der Waals surface area (Å²) in [5.41, 5.74) is -0.406. The minimum Gasteiger partial charge on any atom is -0.496 e. The quantitative estimate of drug-likeness (QED) is 0.798. The molecule has 1 aromatic carbocycles. The monoisotopic (exact) mass is 255 g/mol. The Bertz CT molecular complexity index is 404. The molecule has 0 aliphatic rings. The molecular weight excluding hydrogens is 234 g/mol. The Morgan fingerprint density at radius 2 is 1.56 bits per heavy atom. The van der Waals surface area contributed by atoms with Gasteiger partial charge in [-0.15, -0.1) is 0 Å². The Kier molecular flexibility index (Phi) is 4.81. The largest absolute Gasteiger partial charge is 0.496 e. The van der Waals surface area contributed by atoms with Gasteiger partial charge in [0.1, 0.15) is 11.4 Å². The molecule has 0 fully saturated rings. The van der Waals surface area contributed by atoms with E-state index < -0.39 is 5.60 Å². The summed E-state index contributed by atoms with van der Waals surface area (Å²) in [6.45, 7) is 2.12. The molecule has 0 saturated carbocycles. The van der Waals surface area contributed by atoms with Crippen molar-refractivity contribution < 1.29 is 19.3 Å². The maximum atomic E-state index is 10.4. The van der Waals surface area contributed by atoms with Crippen LogP contribution in [0.15, 0.2) is 12.1 Å². The number of aliphatic hydroxyl groups is 1. The fourth-order valence-electron chi connectivity index (χ4n) is 1.89. The van der Waals surface area contributed by atoms with E-state index in [1.807, 2.05) is 0 Å². The first kappa shape index (κ1) is 14.6. The molecule has 0 aliphatic carbocycles. The number of rotatable bonds is 6. The lowest BCUT2D eigenvalue weighted by atomic mass is 9.94. The van der Waals surface area contributed by atoms with Crippen molar-refractivity contribution in [2.45, 2.75) is 12.5 Å². The Morgan fingerprint density at radius 1 is 1.06 bits per heavy atom. The lowest BCUT2D eigenvalue weighted by Gasteiger charge is -2.26. The Labute approximate surface area is 108 Å². The van der Waals surface area contributed by atoms with Crippen LogP contribution in [0.4, 0.5) is 0 Å². The van der Waals surface area contributed by atoms with Gasteiger partial charge in [0.15, 0.2) is 11.5 Å². The van der Waals surface area contributed by atoms with E-state index >= 15 is 0 Å². The number of nitrogens with one attached hydrogen (secondary N) is 1. The van der Waals surface area contributed by atoms with Crippen LogP contribution >= 0.6 is 0 Å². The van der Waals surface area contributed by atoms with Crippen molar-refractivity contribution in [3.63, 3.8) is 0 Å². The van der Waals surface area contributed by atoms with E-state index in [2.05, 4.69) is 5.32 Å². The molecule has 0 heterocycles. The Balaban J connectivity index is 3.33. The first-order chi connectivity index (χ1) is 8.50. The van der Waals surface area contributed by atoms with Crippen LogP contribution < -0.4 is 19.5 Å². The molecule has 0 aliphatic heterocycles. The van der Waals surface area contributed by atoms with Gasteiger partial charge in [-0.3, -0.25) is 0 Å². The first-order valence-electron chi connectivity index (χ1n) is 5.67. The number of methoxy groups -OCH3 is 3. The van der Waals surface area contributed by atoms with Gasteiger partial charge in [-0.1, -0.05) is 0 Å². The van der Waals surface area contributed by atoms with Crippen molar-refractivity contribution in [1.82, 2.24) is 5.32 Å². The Hall–Kier alpha value is -1.46. The predicted octanol–water partition coefficient (Wildman–Crippen LogP) is 1.14. The number of likely N-dealkylation sites (N-methyl/N-ethyl adjacent to an activating group) is 1. The summed E-state index contributed by atoms with van der Waals surface area (Å²) in [6.07, 6.45) is 0. The van der Waals surface area contributed by atoms with Gasteiger partial charge in [-0.2, -0.15) is 0 Å². The average Bonchev–Trinajstić information content (AvgIpc) is 2.36. The van der Waals surface area contributed by atoms with Gasteiger partial charge in [-0.05, 0) is 20.0 Å². The van der Waals surface area contributed by atoms with E-state index in [0.717, 1.165) is 0 Å². The molecule has 0 aromatic heterocycles. The zero-order chi connectivity index (χ0) is 13.8. The third-order valence-corrected chi connectivity index (χ3v) is 2.81. The van der Waals surface area contributed by atoms with Crippen LogP contribution in [0.1, 0.15) is 12.5 Å². The smallest absolute Gasteiger partial charge is 0.164 e. The van der Waals surface area contributed by atoms with Gasteiger partial charge in [0.25, 0.3) is 0 Å². The Morgan fingerprint density at radius 3 is 2.00 bits per heavy atom. The first-order valence-corrected chi connectivity index (χ1v) is 5.67. The third-order valence-electron chi connectivity index (χ3n) is 2.81. The van der Waals surface area contributed by atoms with Crippen molar-refractivity contribution in [3.8, 4) is 17.2 Å². The van der Waals surface area contributed by atoms with E-state index in [1.54, 1.807) is 47.4 Å². The fourth-order valence-corrected chi connectivity index (χ4v) is 1.89. The summed E-state index contributed by atoms with van der Waals surface area (Å²) in [5.74, 6) is 1.69. The van der Waals surface area contributed by atoms with Crippen LogP contribution in [0.2, 0.25) is 0 Å². The third kappa shape index (κ3) is 2.86. The number of hydrogen-bond donors (Lipinski definition) is 2. The molecule has 1 rings (SSSR count). The molecular formula is C13H21NO4. The molecule has 0 radical (unpaired) electrons. The highest BCUT2D eigenvalue weighted by molar-refractivity contribution is 5.52. The summed E-state index contributed by atoms with van der Waals surface area (Å²) in [6, 6.07) is 3.44. The van der Waals surface area contributed by atoms with Crippen LogP contribution in [0, 0.1) is 0 Å². The minimum atomic E-state index is -1.06. The van der Waals surface area contributed by atoms with Gasteiger partial charge in [0.05, 0.1) is 21.3 Å². The van der Waals surface area contributed by atoms with Crippen molar-refractivity contribution in [1.29, 1.82) is 0 Å². The molecule has 1 aromatic rings. The van der Waals surface area contributed by atoms with E-state index in [1.165, 1.54) is 0 Å². The standard InChI is InChI=1S/C13H21NO4/c1-13(15,8-14-2)9-6-11(17-4)12(18-5)7-10(9)16-3/h6-7,14-15H,8H2,1-5H3.